The summed E-state index contributed by atoms with van der Waals surface area (Å²) < 4.78 is 1.59. The molecule has 6 heteroatoms. The van der Waals surface area contributed by atoms with Crippen LogP contribution in [0.1, 0.15) is 10.6 Å². The van der Waals surface area contributed by atoms with E-state index >= 15 is 0 Å². The average Bonchev–Trinajstić information content (AvgIpc) is 2.56. The van der Waals surface area contributed by atoms with E-state index in [-0.39, 0.29) is 5.82 Å². The lowest BCUT2D eigenvalue weighted by atomic mass is 10.4. The molecule has 0 aromatic carbocycles. The molecule has 0 fully saturated rings. The topological polar surface area (TPSA) is 85.8 Å². The molecule has 2 rings (SSSR count). The van der Waals surface area contributed by atoms with E-state index in [1.165, 1.54) is 0 Å². The van der Waals surface area contributed by atoms with Gasteiger partial charge in [0, 0.05) is 13.2 Å². The van der Waals surface area contributed by atoms with Crippen molar-refractivity contribution in [3.63, 3.8) is 0 Å². The summed E-state index contributed by atoms with van der Waals surface area (Å²) in [5.74, 6) is 4.85. The number of nitrogens with one attached hydrogen (secondary N) is 1. The van der Waals surface area contributed by atoms with Crippen LogP contribution in [0.5, 0.6) is 0 Å². The number of hydrazine groups is 1. The molecular weight excluding hydrogens is 182 g/mol. The Bertz CT molecular complexity index is 489. The summed E-state index contributed by atoms with van der Waals surface area (Å²) in [5, 5.41) is 0. The van der Waals surface area contributed by atoms with Crippen molar-refractivity contribution in [1.82, 2.24) is 20.0 Å². The highest BCUT2D eigenvalue weighted by atomic mass is 16.2. The van der Waals surface area contributed by atoms with Crippen LogP contribution in [-0.2, 0) is 7.05 Å². The zero-order chi connectivity index (χ0) is 10.1. The van der Waals surface area contributed by atoms with E-state index in [0.717, 1.165) is 0 Å². The van der Waals surface area contributed by atoms with Gasteiger partial charge in [-0.25, -0.2) is 15.8 Å². The van der Waals surface area contributed by atoms with Crippen molar-refractivity contribution in [2.45, 2.75) is 0 Å². The van der Waals surface area contributed by atoms with E-state index in [9.17, 15) is 4.79 Å². The van der Waals surface area contributed by atoms with Crippen LogP contribution in [0.25, 0.3) is 11.2 Å². The number of carbonyl (C=O) groups excluding carboxylic acids is 1. The quantitative estimate of drug-likeness (QED) is 0.364. The fourth-order valence-electron chi connectivity index (χ4n) is 1.29. The van der Waals surface area contributed by atoms with Gasteiger partial charge in [-0.15, -0.1) is 0 Å². The Morgan fingerprint density at radius 1 is 1.64 bits per heavy atom. The van der Waals surface area contributed by atoms with Gasteiger partial charge in [0.15, 0.2) is 5.65 Å². The van der Waals surface area contributed by atoms with Crippen molar-refractivity contribution in [3.8, 4) is 0 Å². The smallest absolute Gasteiger partial charge is 0.301 e. The third-order valence-electron chi connectivity index (χ3n) is 1.96. The molecule has 0 unspecified atom stereocenters. The second-order valence-electron chi connectivity index (χ2n) is 2.81. The van der Waals surface area contributed by atoms with Crippen LogP contribution in [0, 0.1) is 0 Å². The van der Waals surface area contributed by atoms with Gasteiger partial charge >= 0.3 is 5.91 Å². The van der Waals surface area contributed by atoms with Crippen molar-refractivity contribution in [2.24, 2.45) is 12.9 Å². The van der Waals surface area contributed by atoms with E-state index in [1.54, 1.807) is 29.9 Å². The number of imidazole rings is 1. The lowest BCUT2D eigenvalue weighted by Gasteiger charge is -1.98. The molecule has 1 amide bonds. The lowest BCUT2D eigenvalue weighted by molar-refractivity contribution is 0.0940. The Morgan fingerprint density at radius 3 is 3.07 bits per heavy atom. The van der Waals surface area contributed by atoms with Gasteiger partial charge in [0.2, 0.25) is 5.82 Å². The second kappa shape index (κ2) is 3.08. The number of nitrogen functional groups attached to an aromatic ring is 1. The Morgan fingerprint density at radius 2 is 2.43 bits per heavy atom. The summed E-state index contributed by atoms with van der Waals surface area (Å²) in [4.78, 5) is 19.4. The van der Waals surface area contributed by atoms with E-state index < -0.39 is 5.91 Å². The van der Waals surface area contributed by atoms with Crippen molar-refractivity contribution >= 4 is 17.1 Å². The molecule has 0 aliphatic carbocycles. The maximum absolute atomic E-state index is 11.3. The Balaban J connectivity index is 2.68. The number of hydrogen-bond donors (Lipinski definition) is 2. The third kappa shape index (κ3) is 1.12. The molecule has 0 bridgehead atoms. The van der Waals surface area contributed by atoms with Crippen molar-refractivity contribution < 1.29 is 4.79 Å². The van der Waals surface area contributed by atoms with Crippen LogP contribution in [0.15, 0.2) is 18.3 Å². The largest absolute Gasteiger partial charge is 0.308 e. The van der Waals surface area contributed by atoms with Crippen LogP contribution >= 0.6 is 0 Å². The van der Waals surface area contributed by atoms with Gasteiger partial charge in [0.05, 0.1) is 0 Å². The molecule has 72 valence electrons. The highest BCUT2D eigenvalue weighted by Crippen LogP contribution is 2.10. The first-order valence-electron chi connectivity index (χ1n) is 4.02. The third-order valence-corrected chi connectivity index (χ3v) is 1.96. The number of rotatable bonds is 1. The second-order valence-corrected chi connectivity index (χ2v) is 2.81. The number of amides is 1. The maximum atomic E-state index is 11.3. The first-order chi connectivity index (χ1) is 6.74. The fraction of sp³-hybridized carbons (Fsp3) is 0.125. The lowest BCUT2D eigenvalue weighted by Crippen LogP contribution is -2.32. The molecule has 0 spiro atoms. The minimum absolute atomic E-state index is 0.251. The van der Waals surface area contributed by atoms with Crippen LogP contribution in [0.3, 0.4) is 0 Å². The van der Waals surface area contributed by atoms with Gasteiger partial charge in [-0.2, -0.15) is 0 Å². The number of fused-ring (bicyclic) bond motifs is 1. The average molecular weight is 191 g/mol. The van der Waals surface area contributed by atoms with Gasteiger partial charge in [0.1, 0.15) is 5.52 Å². The van der Waals surface area contributed by atoms with Crippen LogP contribution < -0.4 is 11.3 Å². The van der Waals surface area contributed by atoms with Crippen molar-refractivity contribution in [2.75, 3.05) is 0 Å². The van der Waals surface area contributed by atoms with E-state index in [1.807, 2.05) is 5.43 Å². The Kier molecular flexibility index (Phi) is 1.90. The number of hydrogen-bond acceptors (Lipinski definition) is 4. The molecule has 0 aliphatic rings. The summed E-state index contributed by atoms with van der Waals surface area (Å²) in [7, 11) is 1.72. The van der Waals surface area contributed by atoms with E-state index in [2.05, 4.69) is 9.97 Å². The number of aromatic nitrogens is 3. The summed E-state index contributed by atoms with van der Waals surface area (Å²) >= 11 is 0. The maximum Gasteiger partial charge on any atom is 0.301 e. The predicted molar refractivity (Wildman–Crippen MR) is 50.2 cm³/mol. The summed E-state index contributed by atoms with van der Waals surface area (Å²) in [5.41, 5.74) is 3.37. The van der Waals surface area contributed by atoms with E-state index in [4.69, 9.17) is 5.84 Å². The number of nitrogens with zero attached hydrogens (tertiary/aromatic N) is 3. The number of carbonyl (C=O) groups is 1. The summed E-state index contributed by atoms with van der Waals surface area (Å²) in [6, 6.07) is 3.55. The molecule has 0 radical (unpaired) electrons. The first-order valence-corrected chi connectivity index (χ1v) is 4.02. The van der Waals surface area contributed by atoms with Crippen LogP contribution in [-0.4, -0.2) is 20.4 Å². The van der Waals surface area contributed by atoms with Gasteiger partial charge in [0.25, 0.3) is 0 Å². The minimum atomic E-state index is -0.425. The molecule has 2 heterocycles. The number of pyridine rings is 1. The first kappa shape index (κ1) is 8.64. The summed E-state index contributed by atoms with van der Waals surface area (Å²) in [6.07, 6.45) is 1.65. The van der Waals surface area contributed by atoms with Crippen molar-refractivity contribution in [1.29, 1.82) is 0 Å². The molecule has 2 aromatic heterocycles. The molecule has 14 heavy (non-hydrogen) atoms. The van der Waals surface area contributed by atoms with Crippen LogP contribution in [0.4, 0.5) is 0 Å². The number of aryl methyl sites for hydroxylation is 1. The predicted octanol–water partition coefficient (Wildman–Crippen LogP) is -0.428. The molecule has 0 atom stereocenters. The van der Waals surface area contributed by atoms with Gasteiger partial charge in [-0.05, 0) is 12.1 Å². The molecule has 0 saturated carbocycles. The number of nitrogens with two attached hydrogens (primary N) is 1. The zero-order valence-electron chi connectivity index (χ0n) is 7.56. The van der Waals surface area contributed by atoms with Crippen LogP contribution in [0.2, 0.25) is 0 Å². The Labute approximate surface area is 79.7 Å². The fourth-order valence-corrected chi connectivity index (χ4v) is 1.29. The highest BCUT2D eigenvalue weighted by molar-refractivity contribution is 5.93. The monoisotopic (exact) mass is 191 g/mol. The summed E-state index contributed by atoms with van der Waals surface area (Å²) in [6.45, 7) is 0. The molecule has 3 N–H and O–H groups in total. The minimum Gasteiger partial charge on any atom is -0.308 e. The van der Waals surface area contributed by atoms with Crippen molar-refractivity contribution in [3.05, 3.63) is 24.2 Å². The normalized spacial score (nSPS) is 10.4. The molecular formula is C8H9N5O. The molecule has 6 nitrogen and oxygen atoms in total. The standard InChI is InChI=1S/C8H9N5O/c1-13-6-5(3-2-4-10-6)11-7(13)8(14)12-9/h2-4H,9H2,1H3,(H,12,14). The van der Waals surface area contributed by atoms with Gasteiger partial charge in [-0.1, -0.05) is 0 Å². The zero-order valence-corrected chi connectivity index (χ0v) is 7.56. The SMILES string of the molecule is Cn1c(C(=O)NN)nc2cccnc21. The highest BCUT2D eigenvalue weighted by Gasteiger charge is 2.13. The Hall–Kier alpha value is -1.95. The van der Waals surface area contributed by atoms with Gasteiger partial charge < -0.3 is 4.57 Å². The molecule has 0 saturated heterocycles. The molecule has 2 aromatic rings. The molecule has 0 aliphatic heterocycles. The van der Waals surface area contributed by atoms with Gasteiger partial charge in [-0.3, -0.25) is 10.2 Å². The van der Waals surface area contributed by atoms with E-state index in [0.29, 0.717) is 11.2 Å².